The van der Waals surface area contributed by atoms with E-state index in [2.05, 4.69) is 15.6 Å². The van der Waals surface area contributed by atoms with Crippen LogP contribution in [0.15, 0.2) is 24.3 Å². The van der Waals surface area contributed by atoms with Crippen molar-refractivity contribution < 1.29 is 29.0 Å². The largest absolute Gasteiger partial charge is 0.480 e. The molecule has 0 bridgehead atoms. The number of esters is 1. The number of carboxylic acids is 1. The predicted molar refractivity (Wildman–Crippen MR) is 109 cm³/mol. The van der Waals surface area contributed by atoms with E-state index in [0.717, 1.165) is 22.2 Å². The molecule has 0 aliphatic carbocycles. The lowest BCUT2D eigenvalue weighted by molar-refractivity contribution is -0.143. The standard InChI is InChI=1S/C21H27N3O6/c1-21(2,3)30-20(28)24-15(18(25)26)10-14-17-12(9-16(22-14)19(27)29-4)11-7-5-6-8-13(11)23-17/h5-8,14-16,22-23H,9-10H2,1-4H3,(H,24,28)(H,25,26)/t14-,15+,16+/m0/s1. The number of aromatic nitrogens is 1. The van der Waals surface area contributed by atoms with Crippen LogP contribution in [0.2, 0.25) is 0 Å². The van der Waals surface area contributed by atoms with E-state index in [4.69, 9.17) is 9.47 Å². The van der Waals surface area contributed by atoms with Crippen molar-refractivity contribution in [2.24, 2.45) is 0 Å². The van der Waals surface area contributed by atoms with Gasteiger partial charge in [0.15, 0.2) is 0 Å². The minimum atomic E-state index is -1.21. The number of aliphatic carboxylic acids is 1. The number of para-hydroxylation sites is 1. The van der Waals surface area contributed by atoms with Crippen molar-refractivity contribution >= 4 is 28.9 Å². The molecule has 9 nitrogen and oxygen atoms in total. The fraction of sp³-hybridized carbons (Fsp3) is 0.476. The molecule has 3 rings (SSSR count). The van der Waals surface area contributed by atoms with Crippen LogP contribution >= 0.6 is 0 Å². The van der Waals surface area contributed by atoms with E-state index in [1.807, 2.05) is 24.3 Å². The van der Waals surface area contributed by atoms with E-state index in [1.165, 1.54) is 7.11 Å². The average molecular weight is 417 g/mol. The minimum Gasteiger partial charge on any atom is -0.480 e. The highest BCUT2D eigenvalue weighted by molar-refractivity contribution is 5.87. The number of benzene rings is 1. The molecule has 162 valence electrons. The third-order valence-electron chi connectivity index (χ3n) is 4.95. The van der Waals surface area contributed by atoms with Crippen LogP contribution in [0.3, 0.4) is 0 Å². The molecule has 0 saturated carbocycles. The zero-order chi connectivity index (χ0) is 22.1. The lowest BCUT2D eigenvalue weighted by Gasteiger charge is -2.31. The molecule has 0 saturated heterocycles. The van der Waals surface area contributed by atoms with Gasteiger partial charge in [-0.05, 0) is 38.8 Å². The fourth-order valence-electron chi connectivity index (χ4n) is 3.71. The van der Waals surface area contributed by atoms with Gasteiger partial charge in [0.05, 0.1) is 13.2 Å². The first-order valence-corrected chi connectivity index (χ1v) is 9.74. The van der Waals surface area contributed by atoms with Crippen molar-refractivity contribution in [3.05, 3.63) is 35.5 Å². The van der Waals surface area contributed by atoms with Gasteiger partial charge in [-0.2, -0.15) is 0 Å². The second kappa shape index (κ2) is 8.35. The maximum absolute atomic E-state index is 12.2. The number of amides is 1. The van der Waals surface area contributed by atoms with Gasteiger partial charge >= 0.3 is 18.0 Å². The summed E-state index contributed by atoms with van der Waals surface area (Å²) in [6.45, 7) is 5.09. The summed E-state index contributed by atoms with van der Waals surface area (Å²) in [5.41, 5.74) is 1.88. The van der Waals surface area contributed by atoms with E-state index in [-0.39, 0.29) is 6.42 Å². The molecular formula is C21H27N3O6. The van der Waals surface area contributed by atoms with E-state index >= 15 is 0 Å². The third kappa shape index (κ3) is 4.73. The Hall–Kier alpha value is -3.07. The molecular weight excluding hydrogens is 390 g/mol. The number of methoxy groups -OCH3 is 1. The number of carboxylic acid groups (broad SMARTS) is 1. The quantitative estimate of drug-likeness (QED) is 0.549. The number of hydrogen-bond donors (Lipinski definition) is 4. The highest BCUT2D eigenvalue weighted by atomic mass is 16.6. The van der Waals surface area contributed by atoms with Crippen LogP contribution in [0.5, 0.6) is 0 Å². The van der Waals surface area contributed by atoms with E-state index in [1.54, 1.807) is 20.8 Å². The van der Waals surface area contributed by atoms with Crippen LogP contribution in [0, 0.1) is 0 Å². The molecule has 0 fully saturated rings. The number of carbonyl (C=O) groups excluding carboxylic acids is 2. The molecule has 9 heteroatoms. The molecule has 1 amide bonds. The van der Waals surface area contributed by atoms with E-state index in [9.17, 15) is 19.5 Å². The molecule has 1 aromatic heterocycles. The number of hydrogen-bond acceptors (Lipinski definition) is 6. The Kier molecular flexibility index (Phi) is 6.02. The number of fused-ring (bicyclic) bond motifs is 3. The zero-order valence-corrected chi connectivity index (χ0v) is 17.4. The normalized spacial score (nSPS) is 19.6. The van der Waals surface area contributed by atoms with Gasteiger partial charge in [0, 0.05) is 23.0 Å². The van der Waals surface area contributed by atoms with Crippen LogP contribution < -0.4 is 10.6 Å². The fourth-order valence-corrected chi connectivity index (χ4v) is 3.71. The number of carbonyl (C=O) groups is 3. The Bertz CT molecular complexity index is 961. The van der Waals surface area contributed by atoms with Crippen molar-refractivity contribution in [2.45, 2.75) is 57.3 Å². The molecule has 0 radical (unpaired) electrons. The molecule has 30 heavy (non-hydrogen) atoms. The smallest absolute Gasteiger partial charge is 0.408 e. The zero-order valence-electron chi connectivity index (χ0n) is 17.4. The number of rotatable bonds is 5. The Morgan fingerprint density at radius 1 is 1.27 bits per heavy atom. The number of nitrogens with one attached hydrogen (secondary N) is 3. The van der Waals surface area contributed by atoms with Crippen LogP contribution in [0.4, 0.5) is 4.79 Å². The summed E-state index contributed by atoms with van der Waals surface area (Å²) in [6.07, 6.45) is -0.381. The molecule has 0 unspecified atom stereocenters. The highest BCUT2D eigenvalue weighted by Gasteiger charge is 2.36. The second-order valence-corrected chi connectivity index (χ2v) is 8.33. The lowest BCUT2D eigenvalue weighted by Crippen LogP contribution is -2.49. The van der Waals surface area contributed by atoms with Crippen molar-refractivity contribution in [1.29, 1.82) is 0 Å². The van der Waals surface area contributed by atoms with Gasteiger partial charge in [-0.25, -0.2) is 9.59 Å². The molecule has 1 aromatic carbocycles. The summed E-state index contributed by atoms with van der Waals surface area (Å²) in [5.74, 6) is -1.62. The summed E-state index contributed by atoms with van der Waals surface area (Å²) in [6, 6.07) is 5.33. The van der Waals surface area contributed by atoms with Gasteiger partial charge in [-0.15, -0.1) is 0 Å². The summed E-state index contributed by atoms with van der Waals surface area (Å²) < 4.78 is 10.1. The van der Waals surface area contributed by atoms with Gasteiger partial charge in [0.2, 0.25) is 0 Å². The Labute approximate surface area is 174 Å². The van der Waals surface area contributed by atoms with Gasteiger partial charge in [0.1, 0.15) is 17.7 Å². The molecule has 1 aliphatic rings. The summed E-state index contributed by atoms with van der Waals surface area (Å²) in [5, 5.41) is 16.2. The van der Waals surface area contributed by atoms with Crippen LogP contribution in [-0.4, -0.2) is 52.9 Å². The highest BCUT2D eigenvalue weighted by Crippen LogP contribution is 2.34. The van der Waals surface area contributed by atoms with Crippen molar-refractivity contribution in [1.82, 2.24) is 15.6 Å². The van der Waals surface area contributed by atoms with Gasteiger partial charge in [-0.3, -0.25) is 10.1 Å². The Balaban J connectivity index is 1.90. The van der Waals surface area contributed by atoms with Crippen molar-refractivity contribution in [2.75, 3.05) is 7.11 Å². The summed E-state index contributed by atoms with van der Waals surface area (Å²) in [7, 11) is 1.31. The molecule has 2 aromatic rings. The van der Waals surface area contributed by atoms with Gasteiger partial charge in [0.25, 0.3) is 0 Å². The molecule has 2 heterocycles. The van der Waals surface area contributed by atoms with E-state index in [0.29, 0.717) is 6.42 Å². The van der Waals surface area contributed by atoms with Crippen LogP contribution in [-0.2, 0) is 25.5 Å². The monoisotopic (exact) mass is 417 g/mol. The van der Waals surface area contributed by atoms with Crippen molar-refractivity contribution in [3.8, 4) is 0 Å². The first-order valence-electron chi connectivity index (χ1n) is 9.74. The molecule has 1 aliphatic heterocycles. The average Bonchev–Trinajstić information content (AvgIpc) is 3.04. The van der Waals surface area contributed by atoms with Crippen LogP contribution in [0.25, 0.3) is 10.9 Å². The van der Waals surface area contributed by atoms with Crippen molar-refractivity contribution in [3.63, 3.8) is 0 Å². The van der Waals surface area contributed by atoms with Gasteiger partial charge < -0.3 is 24.9 Å². The first-order chi connectivity index (χ1) is 14.1. The van der Waals surface area contributed by atoms with Gasteiger partial charge in [-0.1, -0.05) is 18.2 Å². The topological polar surface area (TPSA) is 130 Å². The summed E-state index contributed by atoms with van der Waals surface area (Å²) >= 11 is 0. The number of ether oxygens (including phenoxy) is 2. The molecule has 0 spiro atoms. The number of H-pyrrole nitrogens is 1. The minimum absolute atomic E-state index is 0.0158. The predicted octanol–water partition coefficient (Wildman–Crippen LogP) is 2.26. The molecule has 3 atom stereocenters. The maximum atomic E-state index is 12.2. The SMILES string of the molecule is COC(=O)[C@H]1Cc2c([nH]c3ccccc23)[C@H](C[C@@H](NC(=O)OC(C)(C)C)C(=O)O)N1. The first kappa shape index (κ1) is 21.6. The Morgan fingerprint density at radius 2 is 1.97 bits per heavy atom. The maximum Gasteiger partial charge on any atom is 0.408 e. The second-order valence-electron chi connectivity index (χ2n) is 8.33. The summed E-state index contributed by atoms with van der Waals surface area (Å²) in [4.78, 5) is 39.5. The third-order valence-corrected chi connectivity index (χ3v) is 4.95. The van der Waals surface area contributed by atoms with E-state index < -0.39 is 41.8 Å². The van der Waals surface area contributed by atoms with Crippen LogP contribution in [0.1, 0.15) is 44.5 Å². The lowest BCUT2D eigenvalue weighted by atomic mass is 9.90. The number of alkyl carbamates (subject to hydrolysis) is 1. The Morgan fingerprint density at radius 3 is 2.60 bits per heavy atom. The number of aromatic amines is 1. The molecule has 4 N–H and O–H groups in total.